The zero-order valence-corrected chi connectivity index (χ0v) is 13.2. The Morgan fingerprint density at radius 3 is 2.45 bits per heavy atom. The van der Waals surface area contributed by atoms with E-state index in [9.17, 15) is 12.8 Å². The van der Waals surface area contributed by atoms with Crippen LogP contribution in [0.25, 0.3) is 0 Å². The van der Waals surface area contributed by atoms with Crippen LogP contribution in [0.2, 0.25) is 0 Å². The van der Waals surface area contributed by atoms with Crippen molar-refractivity contribution in [2.75, 3.05) is 13.1 Å². The Kier molecular flexibility index (Phi) is 4.72. The molecule has 1 aromatic rings. The van der Waals surface area contributed by atoms with E-state index in [-0.39, 0.29) is 16.3 Å². The number of hydrogen-bond acceptors (Lipinski definition) is 2. The fraction of sp³-hybridized carbons (Fsp3) is 0.571. The van der Waals surface area contributed by atoms with Crippen LogP contribution in [0.5, 0.6) is 0 Å². The average molecular weight is 320 g/mol. The number of alkyl halides is 1. The van der Waals surface area contributed by atoms with Gasteiger partial charge in [0.2, 0.25) is 10.0 Å². The maximum Gasteiger partial charge on any atom is 0.243 e. The normalized spacial score (nSPS) is 24.8. The average Bonchev–Trinajstić information content (AvgIpc) is 2.37. The van der Waals surface area contributed by atoms with E-state index >= 15 is 0 Å². The largest absolute Gasteiger partial charge is 0.243 e. The molecule has 112 valence electrons. The van der Waals surface area contributed by atoms with Crippen LogP contribution in [0, 0.1) is 17.7 Å². The monoisotopic (exact) mass is 319 g/mol. The van der Waals surface area contributed by atoms with Gasteiger partial charge < -0.3 is 0 Å². The summed E-state index contributed by atoms with van der Waals surface area (Å²) in [6.07, 6.45) is 1.03. The summed E-state index contributed by atoms with van der Waals surface area (Å²) in [6, 6.07) is 3.81. The number of piperidine rings is 1. The molecule has 6 heteroatoms. The Labute approximate surface area is 124 Å². The number of nitrogens with zero attached hydrogens (tertiary/aromatic N) is 1. The van der Waals surface area contributed by atoms with Gasteiger partial charge in [0.05, 0.1) is 10.8 Å². The van der Waals surface area contributed by atoms with Gasteiger partial charge >= 0.3 is 0 Å². The maximum absolute atomic E-state index is 13.4. The summed E-state index contributed by atoms with van der Waals surface area (Å²) in [4.78, 5) is 0.121. The van der Waals surface area contributed by atoms with E-state index in [2.05, 4.69) is 0 Å². The van der Waals surface area contributed by atoms with Gasteiger partial charge in [-0.1, -0.05) is 13.8 Å². The Morgan fingerprint density at radius 1 is 1.30 bits per heavy atom. The van der Waals surface area contributed by atoms with E-state index in [1.807, 2.05) is 13.8 Å². The molecule has 0 radical (unpaired) electrons. The number of hydrogen-bond donors (Lipinski definition) is 0. The molecule has 1 heterocycles. The summed E-state index contributed by atoms with van der Waals surface area (Å²) in [6.45, 7) is 5.13. The van der Waals surface area contributed by atoms with Crippen LogP contribution >= 0.6 is 11.6 Å². The summed E-state index contributed by atoms with van der Waals surface area (Å²) in [5, 5.41) is 0. The van der Waals surface area contributed by atoms with E-state index in [1.54, 1.807) is 0 Å². The van der Waals surface area contributed by atoms with Crippen LogP contribution in [-0.4, -0.2) is 25.8 Å². The van der Waals surface area contributed by atoms with Crippen molar-refractivity contribution in [1.82, 2.24) is 4.31 Å². The molecule has 2 atom stereocenters. The molecule has 2 rings (SSSR count). The number of rotatable bonds is 3. The molecule has 1 aromatic carbocycles. The second-order valence-corrected chi connectivity index (χ2v) is 7.86. The van der Waals surface area contributed by atoms with Crippen LogP contribution in [0.15, 0.2) is 23.1 Å². The third kappa shape index (κ3) is 3.15. The summed E-state index contributed by atoms with van der Waals surface area (Å²) < 4.78 is 40.2. The topological polar surface area (TPSA) is 37.4 Å². The van der Waals surface area contributed by atoms with Gasteiger partial charge in [0.1, 0.15) is 5.82 Å². The predicted molar refractivity (Wildman–Crippen MR) is 77.7 cm³/mol. The van der Waals surface area contributed by atoms with Crippen LogP contribution < -0.4 is 0 Å². The minimum absolute atomic E-state index is 0.0397. The van der Waals surface area contributed by atoms with Crippen molar-refractivity contribution in [3.8, 4) is 0 Å². The van der Waals surface area contributed by atoms with Crippen LogP contribution in [0.3, 0.4) is 0 Å². The van der Waals surface area contributed by atoms with Crippen molar-refractivity contribution in [3.63, 3.8) is 0 Å². The number of sulfonamides is 1. The summed E-state index contributed by atoms with van der Waals surface area (Å²) in [5.74, 6) is 0.157. The van der Waals surface area contributed by atoms with Crippen molar-refractivity contribution in [2.45, 2.75) is 31.0 Å². The minimum Gasteiger partial charge on any atom is -0.207 e. The fourth-order valence-corrected chi connectivity index (χ4v) is 4.70. The molecular formula is C14H19ClFNO2S. The van der Waals surface area contributed by atoms with Gasteiger partial charge in [-0.15, -0.1) is 11.6 Å². The molecule has 0 amide bonds. The van der Waals surface area contributed by atoms with Gasteiger partial charge in [0.25, 0.3) is 0 Å². The van der Waals surface area contributed by atoms with Gasteiger partial charge in [-0.25, -0.2) is 12.8 Å². The van der Waals surface area contributed by atoms with Gasteiger partial charge in [-0.05, 0) is 36.5 Å². The smallest absolute Gasteiger partial charge is 0.207 e. The maximum atomic E-state index is 13.4. The molecule has 3 nitrogen and oxygen atoms in total. The van der Waals surface area contributed by atoms with Crippen LogP contribution in [-0.2, 0) is 15.9 Å². The highest BCUT2D eigenvalue weighted by Gasteiger charge is 2.31. The van der Waals surface area contributed by atoms with E-state index < -0.39 is 15.8 Å². The van der Waals surface area contributed by atoms with Crippen LogP contribution in [0.1, 0.15) is 25.8 Å². The lowest BCUT2D eigenvalue weighted by Crippen LogP contribution is -2.42. The Balaban J connectivity index is 2.34. The van der Waals surface area contributed by atoms with Crippen molar-refractivity contribution < 1.29 is 12.8 Å². The molecule has 0 saturated carbocycles. The van der Waals surface area contributed by atoms with E-state index in [0.29, 0.717) is 24.9 Å². The molecule has 0 aromatic heterocycles. The van der Waals surface area contributed by atoms with E-state index in [0.717, 1.165) is 6.42 Å². The molecule has 0 N–H and O–H groups in total. The van der Waals surface area contributed by atoms with Crippen molar-refractivity contribution in [3.05, 3.63) is 29.6 Å². The van der Waals surface area contributed by atoms with Gasteiger partial charge in [0.15, 0.2) is 0 Å². The predicted octanol–water partition coefficient (Wildman–Crippen LogP) is 3.23. The number of benzene rings is 1. The minimum atomic E-state index is -3.57. The third-order valence-electron chi connectivity index (χ3n) is 3.63. The first kappa shape index (κ1) is 15.7. The first-order chi connectivity index (χ1) is 9.34. The van der Waals surface area contributed by atoms with E-state index in [1.165, 1.54) is 22.5 Å². The molecule has 0 bridgehead atoms. The Morgan fingerprint density at radius 2 is 1.90 bits per heavy atom. The SMILES string of the molecule is CC1CC(C)CN(S(=O)(=O)c2ccc(F)c(CCl)c2)C1. The first-order valence-electron chi connectivity index (χ1n) is 6.69. The Bertz CT molecular complexity index is 581. The highest BCUT2D eigenvalue weighted by Crippen LogP contribution is 2.27. The van der Waals surface area contributed by atoms with Gasteiger partial charge in [-0.2, -0.15) is 4.31 Å². The molecule has 1 saturated heterocycles. The standard InChI is InChI=1S/C14H19ClFNO2S/c1-10-5-11(2)9-17(8-10)20(18,19)13-3-4-14(16)12(6-13)7-15/h3-4,6,10-11H,5,7-9H2,1-2H3. The summed E-state index contributed by atoms with van der Waals surface area (Å²) in [5.41, 5.74) is 0.214. The van der Waals surface area contributed by atoms with Crippen molar-refractivity contribution in [2.24, 2.45) is 11.8 Å². The summed E-state index contributed by atoms with van der Waals surface area (Å²) in [7, 11) is -3.57. The second kappa shape index (κ2) is 6.00. The highest BCUT2D eigenvalue weighted by atomic mass is 35.5. The third-order valence-corrected chi connectivity index (χ3v) is 5.75. The zero-order valence-electron chi connectivity index (χ0n) is 11.6. The lowest BCUT2D eigenvalue weighted by atomic mass is 9.94. The molecule has 1 aliphatic rings. The highest BCUT2D eigenvalue weighted by molar-refractivity contribution is 7.89. The molecule has 1 fully saturated rings. The zero-order chi connectivity index (χ0) is 14.9. The Hall–Kier alpha value is -0.650. The quantitative estimate of drug-likeness (QED) is 0.802. The molecule has 2 unspecified atom stereocenters. The fourth-order valence-electron chi connectivity index (χ4n) is 2.77. The number of halogens is 2. The van der Waals surface area contributed by atoms with E-state index in [4.69, 9.17) is 11.6 Å². The lowest BCUT2D eigenvalue weighted by molar-refractivity contribution is 0.222. The van der Waals surface area contributed by atoms with Gasteiger partial charge in [0, 0.05) is 18.7 Å². The van der Waals surface area contributed by atoms with Crippen LogP contribution in [0.4, 0.5) is 4.39 Å². The molecule has 1 aliphatic heterocycles. The molecular weight excluding hydrogens is 301 g/mol. The second-order valence-electron chi connectivity index (χ2n) is 5.65. The van der Waals surface area contributed by atoms with Crippen molar-refractivity contribution in [1.29, 1.82) is 0 Å². The lowest BCUT2D eigenvalue weighted by Gasteiger charge is -2.34. The molecule has 20 heavy (non-hydrogen) atoms. The van der Waals surface area contributed by atoms with Crippen molar-refractivity contribution >= 4 is 21.6 Å². The summed E-state index contributed by atoms with van der Waals surface area (Å²) >= 11 is 5.64. The molecule has 0 spiro atoms. The van der Waals surface area contributed by atoms with Gasteiger partial charge in [-0.3, -0.25) is 0 Å². The first-order valence-corrected chi connectivity index (χ1v) is 8.66. The molecule has 0 aliphatic carbocycles.